The number of ether oxygens (including phenoxy) is 7. The topological polar surface area (TPSA) is 216 Å². The maximum absolute atomic E-state index is 15.8. The van der Waals surface area contributed by atoms with E-state index in [1.807, 2.05) is 18.2 Å². The highest BCUT2D eigenvalue weighted by Gasteiger charge is 2.61. The van der Waals surface area contributed by atoms with E-state index in [9.17, 15) is 31.5 Å². The Balaban J connectivity index is 1.28. The summed E-state index contributed by atoms with van der Waals surface area (Å²) in [5.74, 6) is -2.36. The van der Waals surface area contributed by atoms with Crippen LogP contribution in [0.5, 0.6) is 0 Å². The molecule has 3 unspecified atom stereocenters. The Morgan fingerprint density at radius 1 is 0.704 bits per heavy atom. The summed E-state index contributed by atoms with van der Waals surface area (Å²) >= 11 is 2.28. The Hall–Kier alpha value is -1.96. The van der Waals surface area contributed by atoms with Crippen LogP contribution in [0.1, 0.15) is 191 Å². The maximum Gasteiger partial charge on any atom is 0.534 e. The maximum atomic E-state index is 15.8. The molecule has 5 heterocycles. The van der Waals surface area contributed by atoms with Crippen molar-refractivity contribution in [2.75, 3.05) is 18.1 Å². The van der Waals surface area contributed by atoms with Gasteiger partial charge in [-0.25, -0.2) is 13.2 Å². The third-order valence-corrected chi connectivity index (χ3v) is 48.2. The van der Waals surface area contributed by atoms with Crippen molar-refractivity contribution in [1.29, 1.82) is 0 Å². The number of rotatable bonds is 37. The standard InChI is InChI=1S/C80H134F3IO18S2Si4/c1-24-53(5)48-66-69(91-17)68(63(96-66)46-47-92-108(25-2,26-3)27-4)74(103(87,88)61-36-32-29-33-37-61)62(85)50-58-41-43-64-70(94-58)72(101-106(20,21)77(11,12)13)73(102-107(22,23)78(14,15)16)71(97-64)65(100-105(18,19)76(8,9)10)44-40-57(95-75(86)56-34-30-28-31-35-56)38-39-60-51-79(52-84)67(93-60)45-42-59(98-79)49-54(6)55(7)99-104(89,90)80(81,82)83/h28-37,40,44,53-54,57-60,62-74,85H,7,24-27,38-39,41-43,45-52H2,1-6,8-23H3/b44-40+/t53-,54-,57?,58-,59-,60+,62?,63+,64+,65+,66-,67+,68+,69+,70+,71+,72+,73-,74?,79-/m1/s1. The van der Waals surface area contributed by atoms with Gasteiger partial charge in [0.2, 0.25) is 0 Å². The van der Waals surface area contributed by atoms with Gasteiger partial charge in [-0.3, -0.25) is 0 Å². The molecule has 618 valence electrons. The van der Waals surface area contributed by atoms with Crippen LogP contribution in [0, 0.1) is 17.8 Å². The van der Waals surface area contributed by atoms with Crippen LogP contribution in [0.25, 0.3) is 0 Å². The molecule has 0 aromatic heterocycles. The van der Waals surface area contributed by atoms with Crippen LogP contribution in [-0.2, 0) is 75.0 Å². The fourth-order valence-electron chi connectivity index (χ4n) is 15.3. The molecule has 0 radical (unpaired) electrons. The number of halogens is 4. The number of benzene rings is 2. The summed E-state index contributed by atoms with van der Waals surface area (Å²) in [6.07, 6.45) is -1.22. The second kappa shape index (κ2) is 37.5. The molecule has 0 bridgehead atoms. The summed E-state index contributed by atoms with van der Waals surface area (Å²) in [6.45, 7) is 49.4. The predicted octanol–water partition coefficient (Wildman–Crippen LogP) is 18.8. The van der Waals surface area contributed by atoms with Crippen molar-refractivity contribution < 1.29 is 95.0 Å². The fourth-order valence-corrected chi connectivity index (χ4v) is 25.4. The van der Waals surface area contributed by atoms with Crippen molar-refractivity contribution in [3.63, 3.8) is 0 Å². The van der Waals surface area contributed by atoms with Gasteiger partial charge < -0.3 is 60.2 Å². The van der Waals surface area contributed by atoms with Crippen LogP contribution >= 0.6 is 22.6 Å². The van der Waals surface area contributed by atoms with Crippen molar-refractivity contribution in [3.05, 3.63) is 90.7 Å². The Morgan fingerprint density at radius 2 is 1.28 bits per heavy atom. The van der Waals surface area contributed by atoms with Crippen LogP contribution < -0.4 is 0 Å². The smallest absolute Gasteiger partial charge is 0.455 e. The molecule has 1 N–H and O–H groups in total. The summed E-state index contributed by atoms with van der Waals surface area (Å²) in [4.78, 5) is 14.5. The molecule has 7 rings (SSSR count). The lowest BCUT2D eigenvalue weighted by molar-refractivity contribution is -0.268. The van der Waals surface area contributed by atoms with Gasteiger partial charge in [0.1, 0.15) is 41.9 Å². The van der Waals surface area contributed by atoms with E-state index in [1.54, 1.807) is 68.6 Å². The van der Waals surface area contributed by atoms with E-state index in [0.717, 1.165) is 24.6 Å². The fraction of sp³-hybridized carbons (Fsp3) is 0.787. The number of aliphatic hydroxyl groups excluding tert-OH is 1. The van der Waals surface area contributed by atoms with E-state index >= 15 is 8.42 Å². The quantitative estimate of drug-likeness (QED) is 0.00972. The SMILES string of the molecule is C=C(OS(=O)(=O)C(F)(F)F)[C@H](C)C[C@H]1CC[C@@H]2O[C@@H](CCC(/C=C/[C@H](O[Si](C)(C)C(C)(C)C)[C@@H]3O[C@H]4CC[C@H](CC(O)C([C@@H]5[C@@H](OC)[C@@H](C[C@H](C)CC)O[C@H]5CCO[Si](CC)(CC)CC)S(=O)(=O)c5ccccc5)O[C@@H]4[C@H](O[Si](C)(C)C(C)(C)C)[C@@H]3O[Si](C)(C)C(C)(C)C)OC(=O)c3ccccc3)C[C@]2(CI)O1. The second-order valence-corrected chi connectivity index (χ2v) is 59.5. The zero-order chi connectivity index (χ0) is 80.8. The summed E-state index contributed by atoms with van der Waals surface area (Å²) in [5, 5.41) is 11.1. The molecule has 5 fully saturated rings. The number of esters is 1. The zero-order valence-corrected chi connectivity index (χ0v) is 76.6. The highest BCUT2D eigenvalue weighted by atomic mass is 127. The summed E-state index contributed by atoms with van der Waals surface area (Å²) < 4.78 is 180. The number of sulfone groups is 1. The van der Waals surface area contributed by atoms with Crippen molar-refractivity contribution in [3.8, 4) is 0 Å². The van der Waals surface area contributed by atoms with Gasteiger partial charge in [-0.05, 0) is 167 Å². The van der Waals surface area contributed by atoms with E-state index in [0.29, 0.717) is 74.4 Å². The van der Waals surface area contributed by atoms with Crippen LogP contribution in [0.4, 0.5) is 13.2 Å². The number of fused-ring (bicyclic) bond motifs is 2. The van der Waals surface area contributed by atoms with Gasteiger partial charge in [0.15, 0.2) is 43.1 Å². The third-order valence-electron chi connectivity index (χ3n) is 25.5. The molecule has 0 aliphatic carbocycles. The lowest BCUT2D eigenvalue weighted by Crippen LogP contribution is -2.69. The van der Waals surface area contributed by atoms with Gasteiger partial charge >= 0.3 is 21.6 Å². The van der Waals surface area contributed by atoms with Crippen molar-refractivity contribution in [2.45, 2.75) is 366 Å². The van der Waals surface area contributed by atoms with Crippen LogP contribution in [-0.4, -0.2) is 187 Å². The Morgan fingerprint density at radius 3 is 1.82 bits per heavy atom. The van der Waals surface area contributed by atoms with Crippen molar-refractivity contribution >= 4 is 81.8 Å². The number of hydrogen-bond acceptors (Lipinski definition) is 18. The van der Waals surface area contributed by atoms with E-state index in [-0.39, 0.29) is 51.0 Å². The first-order chi connectivity index (χ1) is 50.0. The predicted molar refractivity (Wildman–Crippen MR) is 438 cm³/mol. The Bertz CT molecular complexity index is 3460. The number of aliphatic hydroxyl groups is 1. The summed E-state index contributed by atoms with van der Waals surface area (Å²) in [5.41, 5.74) is -6.00. The number of carbonyl (C=O) groups excluding carboxylic acids is 1. The molecule has 18 nitrogen and oxygen atoms in total. The first-order valence-electron chi connectivity index (χ1n) is 39.7. The molecule has 5 aliphatic heterocycles. The molecule has 2 aromatic rings. The van der Waals surface area contributed by atoms with Gasteiger partial charge in [-0.1, -0.05) is 182 Å². The average Bonchev–Trinajstić information content (AvgIpc) is 1.08. The molecular formula is C80H134F3IO18S2Si4. The molecule has 0 saturated carbocycles. The molecular weight excluding hydrogens is 1610 g/mol. The second-order valence-electron chi connectivity index (χ2n) is 36.0. The molecule has 5 aliphatic rings. The molecule has 0 amide bonds. The normalized spacial score (nSPS) is 29.0. The van der Waals surface area contributed by atoms with E-state index in [1.165, 1.54) is 0 Å². The van der Waals surface area contributed by atoms with Crippen LogP contribution in [0.3, 0.4) is 0 Å². The average molecular weight is 1740 g/mol. The number of methoxy groups -OCH3 is 1. The first-order valence-corrected chi connectivity index (χ1v) is 55.4. The van der Waals surface area contributed by atoms with Gasteiger partial charge in [-0.2, -0.15) is 21.6 Å². The van der Waals surface area contributed by atoms with E-state index in [2.05, 4.69) is 170 Å². The number of carbonyl (C=O) groups is 1. The number of hydrogen-bond donors (Lipinski definition) is 1. The van der Waals surface area contributed by atoms with Gasteiger partial charge in [0.05, 0.1) is 76.7 Å². The minimum Gasteiger partial charge on any atom is -0.455 e. The minimum absolute atomic E-state index is 0.0335. The van der Waals surface area contributed by atoms with E-state index in [4.69, 9.17) is 50.9 Å². The lowest BCUT2D eigenvalue weighted by atomic mass is 9.83. The van der Waals surface area contributed by atoms with Crippen LogP contribution in [0.15, 0.2) is 90.0 Å². The highest BCUT2D eigenvalue weighted by Crippen LogP contribution is 2.51. The minimum atomic E-state index is -5.90. The molecule has 0 spiro atoms. The largest absolute Gasteiger partial charge is 0.534 e. The lowest BCUT2D eigenvalue weighted by Gasteiger charge is -2.56. The molecule has 5 saturated heterocycles. The molecule has 20 atom stereocenters. The zero-order valence-electron chi connectivity index (χ0n) is 68.8. The third kappa shape index (κ3) is 22.6. The summed E-state index contributed by atoms with van der Waals surface area (Å²) in [7, 11) is -19.1. The first kappa shape index (κ1) is 93.2. The van der Waals surface area contributed by atoms with Crippen molar-refractivity contribution in [1.82, 2.24) is 0 Å². The van der Waals surface area contributed by atoms with Gasteiger partial charge in [0, 0.05) is 42.8 Å². The van der Waals surface area contributed by atoms with E-state index < -0.39 is 173 Å². The summed E-state index contributed by atoms with van der Waals surface area (Å²) in [6, 6.07) is 20.1. The van der Waals surface area contributed by atoms with Gasteiger partial charge in [-0.15, -0.1) is 0 Å². The molecule has 28 heteroatoms. The van der Waals surface area contributed by atoms with Gasteiger partial charge in [0.25, 0.3) is 0 Å². The monoisotopic (exact) mass is 1740 g/mol. The Kier molecular flexibility index (Phi) is 32.4. The number of allylic oxidation sites excluding steroid dienone is 1. The molecule has 2 aromatic carbocycles. The Labute approximate surface area is 664 Å². The highest BCUT2D eigenvalue weighted by molar-refractivity contribution is 14.1. The number of alkyl halides is 4. The molecule has 108 heavy (non-hydrogen) atoms. The van der Waals surface area contributed by atoms with Crippen molar-refractivity contribution in [2.24, 2.45) is 17.8 Å². The van der Waals surface area contributed by atoms with Crippen LogP contribution in [0.2, 0.25) is 72.5 Å².